The lowest BCUT2D eigenvalue weighted by atomic mass is 10.0. The number of carbonyl (C=O) groups is 2. The van der Waals surface area contributed by atoms with Crippen LogP contribution in [0, 0.1) is 6.92 Å². The largest absolute Gasteiger partial charge is 0.495 e. The molecule has 0 saturated heterocycles. The van der Waals surface area contributed by atoms with E-state index in [1.807, 2.05) is 51.1 Å². The van der Waals surface area contributed by atoms with E-state index in [1.165, 1.54) is 24.1 Å². The molecule has 1 N–H and O–H groups in total. The van der Waals surface area contributed by atoms with Gasteiger partial charge < -0.3 is 15.0 Å². The van der Waals surface area contributed by atoms with Gasteiger partial charge in [0.1, 0.15) is 18.3 Å². The minimum absolute atomic E-state index is 0.00274. The van der Waals surface area contributed by atoms with Crippen molar-refractivity contribution in [3.63, 3.8) is 0 Å². The van der Waals surface area contributed by atoms with E-state index < -0.39 is 28.5 Å². The zero-order chi connectivity index (χ0) is 33.4. The van der Waals surface area contributed by atoms with Crippen LogP contribution in [0.1, 0.15) is 30.5 Å². The van der Waals surface area contributed by atoms with Gasteiger partial charge in [0.2, 0.25) is 11.8 Å². The van der Waals surface area contributed by atoms with Crippen LogP contribution in [0.15, 0.2) is 102 Å². The number of anilines is 1. The predicted molar refractivity (Wildman–Crippen MR) is 183 cm³/mol. The van der Waals surface area contributed by atoms with Crippen LogP contribution in [-0.4, -0.2) is 50.9 Å². The Morgan fingerprint density at radius 1 is 0.891 bits per heavy atom. The molecule has 0 aliphatic carbocycles. The van der Waals surface area contributed by atoms with Crippen molar-refractivity contribution >= 4 is 50.7 Å². The Hall–Kier alpha value is -4.05. The molecule has 0 fully saturated rings. The first-order valence-electron chi connectivity index (χ1n) is 14.7. The Labute approximate surface area is 280 Å². The van der Waals surface area contributed by atoms with Crippen molar-refractivity contribution in [3.8, 4) is 5.75 Å². The number of halogens is 2. The van der Waals surface area contributed by atoms with E-state index in [2.05, 4.69) is 5.32 Å². The number of hydrogen-bond acceptors (Lipinski definition) is 5. The van der Waals surface area contributed by atoms with E-state index in [9.17, 15) is 18.0 Å². The van der Waals surface area contributed by atoms with Gasteiger partial charge >= 0.3 is 0 Å². The van der Waals surface area contributed by atoms with E-state index in [0.717, 1.165) is 15.4 Å². The Morgan fingerprint density at radius 3 is 2.15 bits per heavy atom. The molecular weight excluding hydrogens is 645 g/mol. The first-order chi connectivity index (χ1) is 21.9. The maximum atomic E-state index is 14.6. The highest BCUT2D eigenvalue weighted by Gasteiger charge is 2.36. The summed E-state index contributed by atoms with van der Waals surface area (Å²) in [4.78, 5) is 29.8. The predicted octanol–water partition coefficient (Wildman–Crippen LogP) is 6.67. The molecule has 2 amide bonds. The Balaban J connectivity index is 1.87. The fourth-order valence-corrected chi connectivity index (χ4v) is 6.90. The third kappa shape index (κ3) is 8.60. The number of nitrogens with zero attached hydrogens (tertiary/aromatic N) is 2. The summed E-state index contributed by atoms with van der Waals surface area (Å²) in [6.45, 7) is 4.78. The van der Waals surface area contributed by atoms with Crippen molar-refractivity contribution in [2.45, 2.75) is 50.7 Å². The van der Waals surface area contributed by atoms with Crippen molar-refractivity contribution in [2.75, 3.05) is 18.0 Å². The molecule has 0 heterocycles. The van der Waals surface area contributed by atoms with E-state index in [1.54, 1.807) is 54.6 Å². The lowest BCUT2D eigenvalue weighted by Gasteiger charge is -2.34. The van der Waals surface area contributed by atoms with Gasteiger partial charge in [-0.05, 0) is 73.9 Å². The van der Waals surface area contributed by atoms with Crippen molar-refractivity contribution in [1.82, 2.24) is 10.2 Å². The number of benzene rings is 4. The van der Waals surface area contributed by atoms with Gasteiger partial charge in [0.15, 0.2) is 0 Å². The van der Waals surface area contributed by atoms with E-state index in [4.69, 9.17) is 27.9 Å². The molecular formula is C35H37Cl2N3O5S. The van der Waals surface area contributed by atoms with Crippen molar-refractivity contribution in [2.24, 2.45) is 0 Å². The smallest absolute Gasteiger partial charge is 0.264 e. The Bertz CT molecular complexity index is 1770. The standard InChI is InChI=1S/C35H37Cl2N3O5S/c1-24(2)38-35(42)32(20-26-11-7-5-8-12-26)39(22-27-16-17-28(36)21-30(27)37)34(41)23-40(31-19-25(3)15-18-33(31)45-4)46(43,44)29-13-9-6-10-14-29/h5-19,21,24,32H,20,22-23H2,1-4H3,(H,38,42)/t32-/m1/s1. The minimum Gasteiger partial charge on any atom is -0.495 e. The molecule has 4 aromatic carbocycles. The average Bonchev–Trinajstić information content (AvgIpc) is 3.02. The normalized spacial score (nSPS) is 12.0. The second kappa shape index (κ2) is 15.5. The molecule has 0 saturated carbocycles. The third-order valence-electron chi connectivity index (χ3n) is 7.27. The van der Waals surface area contributed by atoms with Crippen LogP contribution < -0.4 is 14.4 Å². The highest BCUT2D eigenvalue weighted by Crippen LogP contribution is 2.34. The monoisotopic (exact) mass is 681 g/mol. The SMILES string of the molecule is COc1ccc(C)cc1N(CC(=O)N(Cc1ccc(Cl)cc1Cl)[C@H](Cc1ccccc1)C(=O)NC(C)C)S(=O)(=O)c1ccccc1. The summed E-state index contributed by atoms with van der Waals surface area (Å²) in [7, 11) is -2.85. The molecule has 46 heavy (non-hydrogen) atoms. The van der Waals surface area contributed by atoms with Crippen molar-refractivity contribution < 1.29 is 22.7 Å². The van der Waals surface area contributed by atoms with Crippen LogP contribution in [0.5, 0.6) is 5.75 Å². The molecule has 0 radical (unpaired) electrons. The van der Waals surface area contributed by atoms with Crippen LogP contribution in [0.25, 0.3) is 0 Å². The first-order valence-corrected chi connectivity index (χ1v) is 16.9. The van der Waals surface area contributed by atoms with Crippen LogP contribution in [-0.2, 0) is 32.6 Å². The molecule has 0 bridgehead atoms. The fourth-order valence-electron chi connectivity index (χ4n) is 5.00. The lowest BCUT2D eigenvalue weighted by molar-refractivity contribution is -0.140. The number of ether oxygens (including phenoxy) is 1. The van der Waals surface area contributed by atoms with Crippen LogP contribution >= 0.6 is 23.2 Å². The summed E-state index contributed by atoms with van der Waals surface area (Å²) in [5.41, 5.74) is 2.32. The topological polar surface area (TPSA) is 96.0 Å². The van der Waals surface area contributed by atoms with Gasteiger partial charge in [0.05, 0.1) is 17.7 Å². The minimum atomic E-state index is -4.28. The zero-order valence-electron chi connectivity index (χ0n) is 26.1. The second-order valence-electron chi connectivity index (χ2n) is 11.1. The van der Waals surface area contributed by atoms with Crippen LogP contribution in [0.4, 0.5) is 5.69 Å². The first kappa shape index (κ1) is 34.8. The summed E-state index contributed by atoms with van der Waals surface area (Å²) in [5.74, 6) is -0.736. The molecule has 4 aromatic rings. The summed E-state index contributed by atoms with van der Waals surface area (Å²) < 4.78 is 35.1. The highest BCUT2D eigenvalue weighted by atomic mass is 35.5. The molecule has 0 aliphatic heterocycles. The number of rotatable bonds is 13. The molecule has 11 heteroatoms. The summed E-state index contributed by atoms with van der Waals surface area (Å²) in [6, 6.07) is 26.0. The van der Waals surface area contributed by atoms with Gasteiger partial charge in [0, 0.05) is 29.1 Å². The number of aryl methyl sites for hydroxylation is 1. The number of amides is 2. The maximum Gasteiger partial charge on any atom is 0.264 e. The van der Waals surface area contributed by atoms with Crippen LogP contribution in [0.3, 0.4) is 0 Å². The molecule has 0 spiro atoms. The Morgan fingerprint density at radius 2 is 1.54 bits per heavy atom. The fraction of sp³-hybridized carbons (Fsp3) is 0.257. The molecule has 0 unspecified atom stereocenters. The zero-order valence-corrected chi connectivity index (χ0v) is 28.4. The number of carbonyl (C=O) groups excluding carboxylic acids is 2. The van der Waals surface area contributed by atoms with Gasteiger partial charge in [-0.25, -0.2) is 8.42 Å². The van der Waals surface area contributed by atoms with Gasteiger partial charge in [-0.15, -0.1) is 0 Å². The van der Waals surface area contributed by atoms with Gasteiger partial charge in [0.25, 0.3) is 10.0 Å². The average molecular weight is 683 g/mol. The number of methoxy groups -OCH3 is 1. The molecule has 0 aromatic heterocycles. The molecule has 8 nitrogen and oxygen atoms in total. The molecule has 0 aliphatic rings. The van der Waals surface area contributed by atoms with Gasteiger partial charge in [-0.1, -0.05) is 83.9 Å². The highest BCUT2D eigenvalue weighted by molar-refractivity contribution is 7.92. The summed E-state index contributed by atoms with van der Waals surface area (Å²) in [5, 5.41) is 3.66. The quantitative estimate of drug-likeness (QED) is 0.170. The second-order valence-corrected chi connectivity index (χ2v) is 13.8. The van der Waals surface area contributed by atoms with Crippen molar-refractivity contribution in [3.05, 3.63) is 124 Å². The molecule has 242 valence electrons. The molecule has 1 atom stereocenters. The summed E-state index contributed by atoms with van der Waals surface area (Å²) >= 11 is 12.7. The van der Waals surface area contributed by atoms with E-state index in [0.29, 0.717) is 15.6 Å². The maximum absolute atomic E-state index is 14.6. The number of sulfonamides is 1. The van der Waals surface area contributed by atoms with Crippen molar-refractivity contribution in [1.29, 1.82) is 0 Å². The molecule has 4 rings (SSSR count). The number of nitrogens with one attached hydrogen (secondary N) is 1. The van der Waals surface area contributed by atoms with Gasteiger partial charge in [-0.3, -0.25) is 13.9 Å². The third-order valence-corrected chi connectivity index (χ3v) is 9.63. The summed E-state index contributed by atoms with van der Waals surface area (Å²) in [6.07, 6.45) is 0.176. The van der Waals surface area contributed by atoms with E-state index in [-0.39, 0.29) is 41.2 Å². The number of hydrogen-bond donors (Lipinski definition) is 1. The lowest BCUT2D eigenvalue weighted by Crippen LogP contribution is -2.54. The van der Waals surface area contributed by atoms with E-state index >= 15 is 0 Å². The van der Waals surface area contributed by atoms with Crippen LogP contribution in [0.2, 0.25) is 10.0 Å². The Kier molecular flexibility index (Phi) is 11.7. The van der Waals surface area contributed by atoms with Gasteiger partial charge in [-0.2, -0.15) is 0 Å².